The van der Waals surface area contributed by atoms with Gasteiger partial charge in [0, 0.05) is 22.2 Å². The van der Waals surface area contributed by atoms with Gasteiger partial charge in [-0.15, -0.1) is 13.2 Å². The second-order valence-electron chi connectivity index (χ2n) is 7.66. The van der Waals surface area contributed by atoms with Crippen molar-refractivity contribution < 1.29 is 17.9 Å². The standard InChI is InChI=1S/C21H19Cl2F3N4O/c1-20(2,3)30-19-28-16(12-5-4-6-14(9-12)31-21(24,25)26)11-18(29-19)27-17-10-13(22)7-8-15(17)23/h4-11H,1-3H3,(H2,27,28,29,30). The Kier molecular flexibility index (Phi) is 6.52. The molecule has 1 heterocycles. The van der Waals surface area contributed by atoms with Crippen molar-refractivity contribution in [1.29, 1.82) is 0 Å². The fraction of sp³-hybridized carbons (Fsp3) is 0.238. The van der Waals surface area contributed by atoms with Gasteiger partial charge in [-0.05, 0) is 51.1 Å². The zero-order valence-electron chi connectivity index (χ0n) is 16.8. The van der Waals surface area contributed by atoms with Crippen LogP contribution in [-0.2, 0) is 0 Å². The summed E-state index contributed by atoms with van der Waals surface area (Å²) in [4.78, 5) is 8.90. The number of rotatable bonds is 5. The molecule has 0 saturated carbocycles. The van der Waals surface area contributed by atoms with Crippen molar-refractivity contribution in [1.82, 2.24) is 9.97 Å². The van der Waals surface area contributed by atoms with Gasteiger partial charge in [-0.2, -0.15) is 4.98 Å². The number of alkyl halides is 3. The van der Waals surface area contributed by atoms with E-state index in [1.165, 1.54) is 18.2 Å². The highest BCUT2D eigenvalue weighted by atomic mass is 35.5. The van der Waals surface area contributed by atoms with Gasteiger partial charge in [0.25, 0.3) is 0 Å². The van der Waals surface area contributed by atoms with E-state index in [0.717, 1.165) is 0 Å². The first-order chi connectivity index (χ1) is 14.4. The normalized spacial score (nSPS) is 11.9. The van der Waals surface area contributed by atoms with E-state index in [9.17, 15) is 13.2 Å². The van der Waals surface area contributed by atoms with Gasteiger partial charge in [0.1, 0.15) is 11.6 Å². The maximum absolute atomic E-state index is 12.6. The minimum Gasteiger partial charge on any atom is -0.406 e. The van der Waals surface area contributed by atoms with Crippen molar-refractivity contribution in [3.63, 3.8) is 0 Å². The zero-order chi connectivity index (χ0) is 22.8. The molecule has 0 unspecified atom stereocenters. The van der Waals surface area contributed by atoms with Crippen molar-refractivity contribution in [3.05, 3.63) is 58.6 Å². The lowest BCUT2D eigenvalue weighted by Gasteiger charge is -2.21. The third kappa shape index (κ3) is 6.90. The maximum atomic E-state index is 12.6. The second-order valence-corrected chi connectivity index (χ2v) is 8.51. The minimum atomic E-state index is -4.79. The summed E-state index contributed by atoms with van der Waals surface area (Å²) in [5.74, 6) is 0.317. The topological polar surface area (TPSA) is 59.1 Å². The number of hydrogen-bond donors (Lipinski definition) is 2. The van der Waals surface area contributed by atoms with Crippen molar-refractivity contribution in [2.24, 2.45) is 0 Å². The quantitative estimate of drug-likeness (QED) is 0.409. The smallest absolute Gasteiger partial charge is 0.406 e. The molecule has 0 saturated heterocycles. The lowest BCUT2D eigenvalue weighted by Crippen LogP contribution is -2.27. The zero-order valence-corrected chi connectivity index (χ0v) is 18.3. The molecule has 2 aromatic carbocycles. The molecule has 31 heavy (non-hydrogen) atoms. The number of halogens is 5. The van der Waals surface area contributed by atoms with Crippen LogP contribution in [0.2, 0.25) is 10.0 Å². The van der Waals surface area contributed by atoms with E-state index in [0.29, 0.717) is 32.8 Å². The monoisotopic (exact) mass is 470 g/mol. The molecule has 0 bridgehead atoms. The summed E-state index contributed by atoms with van der Waals surface area (Å²) >= 11 is 12.3. The first kappa shape index (κ1) is 23.0. The molecule has 5 nitrogen and oxygen atoms in total. The van der Waals surface area contributed by atoms with Crippen molar-refractivity contribution >= 4 is 40.7 Å². The molecule has 0 spiro atoms. The number of aromatic nitrogens is 2. The Balaban J connectivity index is 2.03. The van der Waals surface area contributed by atoms with Gasteiger partial charge in [-0.3, -0.25) is 0 Å². The number of benzene rings is 2. The summed E-state index contributed by atoms with van der Waals surface area (Å²) < 4.78 is 41.9. The number of anilines is 3. The van der Waals surface area contributed by atoms with Crippen LogP contribution in [0.1, 0.15) is 20.8 Å². The van der Waals surface area contributed by atoms with Gasteiger partial charge < -0.3 is 15.4 Å². The summed E-state index contributed by atoms with van der Waals surface area (Å²) in [6.45, 7) is 5.80. The first-order valence-corrected chi connectivity index (χ1v) is 9.89. The average molecular weight is 471 g/mol. The highest BCUT2D eigenvalue weighted by Crippen LogP contribution is 2.32. The van der Waals surface area contributed by atoms with E-state index in [4.69, 9.17) is 23.2 Å². The summed E-state index contributed by atoms with van der Waals surface area (Å²) in [5.41, 5.74) is 0.969. The number of hydrogen-bond acceptors (Lipinski definition) is 5. The van der Waals surface area contributed by atoms with Crippen molar-refractivity contribution in [2.45, 2.75) is 32.7 Å². The lowest BCUT2D eigenvalue weighted by atomic mass is 10.1. The molecule has 0 aliphatic rings. The Morgan fingerprint density at radius 1 is 0.935 bits per heavy atom. The molecule has 10 heteroatoms. The summed E-state index contributed by atoms with van der Waals surface area (Å²) in [7, 11) is 0. The molecule has 2 N–H and O–H groups in total. The van der Waals surface area contributed by atoms with E-state index in [1.807, 2.05) is 20.8 Å². The van der Waals surface area contributed by atoms with Gasteiger partial charge >= 0.3 is 6.36 Å². The van der Waals surface area contributed by atoms with E-state index >= 15 is 0 Å². The number of nitrogens with zero attached hydrogens (tertiary/aromatic N) is 2. The van der Waals surface area contributed by atoms with Gasteiger partial charge in [0.15, 0.2) is 0 Å². The highest BCUT2D eigenvalue weighted by Gasteiger charge is 2.31. The van der Waals surface area contributed by atoms with Crippen molar-refractivity contribution in [3.8, 4) is 17.0 Å². The van der Waals surface area contributed by atoms with E-state index in [1.54, 1.807) is 30.3 Å². The minimum absolute atomic E-state index is 0.285. The van der Waals surface area contributed by atoms with Crippen LogP contribution in [0, 0.1) is 0 Å². The third-order valence-electron chi connectivity index (χ3n) is 3.77. The molecule has 3 aromatic rings. The predicted molar refractivity (Wildman–Crippen MR) is 117 cm³/mol. The molecular formula is C21H19Cl2F3N4O. The average Bonchev–Trinajstić information content (AvgIpc) is 2.62. The summed E-state index contributed by atoms with van der Waals surface area (Å²) in [6, 6.07) is 12.1. The van der Waals surface area contributed by atoms with Crippen LogP contribution in [-0.4, -0.2) is 21.9 Å². The van der Waals surface area contributed by atoms with Crippen LogP contribution in [0.4, 0.5) is 30.6 Å². The molecule has 0 fully saturated rings. The van der Waals surface area contributed by atoms with E-state index in [-0.39, 0.29) is 17.2 Å². The Morgan fingerprint density at radius 2 is 1.68 bits per heavy atom. The Bertz CT molecular complexity index is 1080. The molecule has 0 aliphatic heterocycles. The van der Waals surface area contributed by atoms with Gasteiger partial charge in [0.2, 0.25) is 5.95 Å². The van der Waals surface area contributed by atoms with Crippen LogP contribution in [0.5, 0.6) is 5.75 Å². The van der Waals surface area contributed by atoms with Crippen LogP contribution in [0.25, 0.3) is 11.3 Å². The molecule has 0 amide bonds. The predicted octanol–water partition coefficient (Wildman–Crippen LogP) is 7.30. The fourth-order valence-electron chi connectivity index (χ4n) is 2.63. The molecule has 0 atom stereocenters. The second kappa shape index (κ2) is 8.80. The Hall–Kier alpha value is -2.71. The lowest BCUT2D eigenvalue weighted by molar-refractivity contribution is -0.274. The van der Waals surface area contributed by atoms with Gasteiger partial charge in [-0.25, -0.2) is 4.98 Å². The summed E-state index contributed by atoms with van der Waals surface area (Å²) in [5, 5.41) is 7.15. The van der Waals surface area contributed by atoms with Crippen LogP contribution >= 0.6 is 23.2 Å². The van der Waals surface area contributed by atoms with E-state index in [2.05, 4.69) is 25.3 Å². The summed E-state index contributed by atoms with van der Waals surface area (Å²) in [6.07, 6.45) is -4.79. The molecule has 3 rings (SSSR count). The molecule has 0 radical (unpaired) electrons. The fourth-order valence-corrected chi connectivity index (χ4v) is 2.97. The molecule has 1 aromatic heterocycles. The SMILES string of the molecule is CC(C)(C)Nc1nc(Nc2cc(Cl)ccc2Cl)cc(-c2cccc(OC(F)(F)F)c2)n1. The van der Waals surface area contributed by atoms with Crippen molar-refractivity contribution in [2.75, 3.05) is 10.6 Å². The highest BCUT2D eigenvalue weighted by molar-refractivity contribution is 6.35. The van der Waals surface area contributed by atoms with Crippen LogP contribution in [0.3, 0.4) is 0 Å². The molecule has 164 valence electrons. The van der Waals surface area contributed by atoms with Crippen LogP contribution < -0.4 is 15.4 Å². The number of nitrogens with one attached hydrogen (secondary N) is 2. The molecule has 0 aliphatic carbocycles. The largest absolute Gasteiger partial charge is 0.573 e. The molecular weight excluding hydrogens is 452 g/mol. The first-order valence-electron chi connectivity index (χ1n) is 9.13. The van der Waals surface area contributed by atoms with Crippen LogP contribution in [0.15, 0.2) is 48.5 Å². The van der Waals surface area contributed by atoms with E-state index < -0.39 is 6.36 Å². The Morgan fingerprint density at radius 3 is 2.35 bits per heavy atom. The third-order valence-corrected chi connectivity index (χ3v) is 4.33. The van der Waals surface area contributed by atoms with Gasteiger partial charge in [0.05, 0.1) is 16.4 Å². The number of ether oxygens (including phenoxy) is 1. The van der Waals surface area contributed by atoms with Gasteiger partial charge in [-0.1, -0.05) is 35.3 Å². The Labute approximate surface area is 187 Å². The maximum Gasteiger partial charge on any atom is 0.573 e.